The first-order chi connectivity index (χ1) is 26.0. The van der Waals surface area contributed by atoms with Gasteiger partial charge in [0.2, 0.25) is 0 Å². The first-order valence-electron chi connectivity index (χ1n) is 17.7. The van der Waals surface area contributed by atoms with E-state index in [2.05, 4.69) is 60.7 Å². The smallest absolute Gasteiger partial charge is 0.337 e. The van der Waals surface area contributed by atoms with Crippen molar-refractivity contribution in [3.05, 3.63) is 178 Å². The lowest BCUT2D eigenvalue weighted by Crippen LogP contribution is -2.32. The number of hydrogen-bond acceptors (Lipinski definition) is 7. The van der Waals surface area contributed by atoms with Gasteiger partial charge in [-0.3, -0.25) is 0 Å². The van der Waals surface area contributed by atoms with Crippen molar-refractivity contribution in [2.45, 2.75) is 39.3 Å². The Bertz CT molecular complexity index is 2080. The third-order valence-corrected chi connectivity index (χ3v) is 9.18. The molecule has 1 heterocycles. The number of carbonyl (C=O) groups is 1. The van der Waals surface area contributed by atoms with Crippen LogP contribution in [0.15, 0.2) is 140 Å². The molecule has 0 aromatic heterocycles. The van der Waals surface area contributed by atoms with Gasteiger partial charge in [-0.2, -0.15) is 0 Å². The highest BCUT2D eigenvalue weighted by molar-refractivity contribution is 5.89. The van der Waals surface area contributed by atoms with Crippen molar-refractivity contribution in [1.29, 1.82) is 0 Å². The van der Waals surface area contributed by atoms with Gasteiger partial charge < -0.3 is 28.4 Å². The minimum Gasteiger partial charge on any atom is -0.497 e. The topological polar surface area (TPSA) is 72.5 Å². The Hall–Kier alpha value is -6.05. The monoisotopic (exact) mass is 708 g/mol. The molecule has 7 rings (SSSR count). The van der Waals surface area contributed by atoms with Crippen LogP contribution in [0.3, 0.4) is 0 Å². The standard InChI is InChI=1S/C44H38O7.C2H6/c1-46-37-17-13-35(14-18-37)44(34-10-5-4-6-11-34,36-15-19-38(47-2)20-16-36)51-28-31-12-22-41-40-23-21-39(26-33(40)29-50-42(41)25-31)49-27-30-8-7-9-32(24-30)43(45)48-3;1-2/h4-26H,27-29H2,1-3H3;1-2H3. The molecule has 270 valence electrons. The summed E-state index contributed by atoms with van der Waals surface area (Å²) in [7, 11) is 4.70. The number of methoxy groups -OCH3 is 3. The van der Waals surface area contributed by atoms with E-state index >= 15 is 0 Å². The van der Waals surface area contributed by atoms with Crippen LogP contribution in [-0.2, 0) is 34.9 Å². The molecule has 0 N–H and O–H groups in total. The van der Waals surface area contributed by atoms with Crippen LogP contribution in [0.5, 0.6) is 23.0 Å². The van der Waals surface area contributed by atoms with E-state index in [1.807, 2.05) is 80.6 Å². The van der Waals surface area contributed by atoms with Crippen molar-refractivity contribution in [1.82, 2.24) is 0 Å². The highest BCUT2D eigenvalue weighted by atomic mass is 16.5. The molecule has 1 aliphatic heterocycles. The Morgan fingerprint density at radius 1 is 0.604 bits per heavy atom. The second-order valence-electron chi connectivity index (χ2n) is 12.2. The average Bonchev–Trinajstić information content (AvgIpc) is 3.24. The van der Waals surface area contributed by atoms with Crippen LogP contribution in [0.2, 0.25) is 0 Å². The van der Waals surface area contributed by atoms with Crippen LogP contribution in [-0.4, -0.2) is 27.3 Å². The van der Waals surface area contributed by atoms with Crippen molar-refractivity contribution in [3.63, 3.8) is 0 Å². The van der Waals surface area contributed by atoms with Crippen LogP contribution in [0.4, 0.5) is 0 Å². The predicted molar refractivity (Wildman–Crippen MR) is 207 cm³/mol. The van der Waals surface area contributed by atoms with Gasteiger partial charge in [0.05, 0.1) is 33.5 Å². The van der Waals surface area contributed by atoms with E-state index in [1.54, 1.807) is 26.4 Å². The minimum atomic E-state index is -0.930. The second kappa shape index (κ2) is 17.0. The zero-order chi connectivity index (χ0) is 37.2. The molecule has 0 unspecified atom stereocenters. The van der Waals surface area contributed by atoms with Crippen LogP contribution in [0.1, 0.15) is 57.6 Å². The summed E-state index contributed by atoms with van der Waals surface area (Å²) in [5, 5.41) is 0. The summed E-state index contributed by atoms with van der Waals surface area (Å²) >= 11 is 0. The number of fused-ring (bicyclic) bond motifs is 3. The van der Waals surface area contributed by atoms with Gasteiger partial charge >= 0.3 is 5.97 Å². The van der Waals surface area contributed by atoms with Crippen molar-refractivity contribution in [2.75, 3.05) is 21.3 Å². The molecule has 6 aromatic carbocycles. The minimum absolute atomic E-state index is 0.320. The lowest BCUT2D eigenvalue weighted by atomic mass is 9.80. The Morgan fingerprint density at radius 3 is 1.85 bits per heavy atom. The summed E-state index contributed by atoms with van der Waals surface area (Å²) < 4.78 is 35.3. The average molecular weight is 709 g/mol. The Kier molecular flexibility index (Phi) is 11.8. The molecule has 0 amide bonds. The molecule has 53 heavy (non-hydrogen) atoms. The summed E-state index contributed by atoms with van der Waals surface area (Å²) in [4.78, 5) is 11.9. The third-order valence-electron chi connectivity index (χ3n) is 9.18. The van der Waals surface area contributed by atoms with Gasteiger partial charge in [0.1, 0.15) is 41.8 Å². The normalized spacial score (nSPS) is 11.5. The number of hydrogen-bond donors (Lipinski definition) is 0. The number of carbonyl (C=O) groups excluding carboxylic acids is 1. The van der Waals surface area contributed by atoms with Gasteiger partial charge in [-0.05, 0) is 88.0 Å². The molecule has 0 saturated heterocycles. The lowest BCUT2D eigenvalue weighted by molar-refractivity contribution is 0.000106. The summed E-state index contributed by atoms with van der Waals surface area (Å²) in [5.41, 5.74) is 7.50. The summed E-state index contributed by atoms with van der Waals surface area (Å²) in [6.45, 7) is 5.05. The summed E-state index contributed by atoms with van der Waals surface area (Å²) in [6, 6.07) is 45.9. The van der Waals surface area contributed by atoms with Crippen LogP contribution in [0.25, 0.3) is 11.1 Å². The molecule has 6 aromatic rings. The number of esters is 1. The maximum absolute atomic E-state index is 11.9. The van der Waals surface area contributed by atoms with Gasteiger partial charge in [0.25, 0.3) is 0 Å². The molecule has 0 radical (unpaired) electrons. The Morgan fingerprint density at radius 2 is 1.21 bits per heavy atom. The number of ether oxygens (including phenoxy) is 6. The van der Waals surface area contributed by atoms with E-state index in [0.29, 0.717) is 25.4 Å². The molecule has 0 aliphatic carbocycles. The molecular weight excluding hydrogens is 664 g/mol. The fourth-order valence-electron chi connectivity index (χ4n) is 6.53. The largest absolute Gasteiger partial charge is 0.497 e. The molecule has 7 heteroatoms. The van der Waals surface area contributed by atoms with E-state index in [-0.39, 0.29) is 5.97 Å². The predicted octanol–water partition coefficient (Wildman–Crippen LogP) is 10.2. The molecule has 1 aliphatic rings. The zero-order valence-corrected chi connectivity index (χ0v) is 30.8. The first kappa shape index (κ1) is 36.7. The maximum Gasteiger partial charge on any atom is 0.337 e. The number of benzene rings is 6. The zero-order valence-electron chi connectivity index (χ0n) is 30.8. The van der Waals surface area contributed by atoms with E-state index in [4.69, 9.17) is 28.4 Å². The third kappa shape index (κ3) is 7.91. The van der Waals surface area contributed by atoms with Crippen molar-refractivity contribution >= 4 is 5.97 Å². The van der Waals surface area contributed by atoms with Gasteiger partial charge in [-0.15, -0.1) is 0 Å². The van der Waals surface area contributed by atoms with Gasteiger partial charge in [0.15, 0.2) is 0 Å². The SMILES string of the molecule is CC.COC(=O)c1cccc(COc2ccc3c(c2)COc2cc(COC(c4ccccc4)(c4ccc(OC)cc4)c4ccc(OC)cc4)ccc2-3)c1. The van der Waals surface area contributed by atoms with E-state index in [9.17, 15) is 4.79 Å². The molecule has 0 bridgehead atoms. The van der Waals surface area contributed by atoms with E-state index < -0.39 is 5.60 Å². The van der Waals surface area contributed by atoms with Gasteiger partial charge in [0, 0.05) is 11.1 Å². The quantitative estimate of drug-likeness (QED) is 0.0926. The van der Waals surface area contributed by atoms with Crippen LogP contribution >= 0.6 is 0 Å². The van der Waals surface area contributed by atoms with E-state index in [1.165, 1.54) is 7.11 Å². The molecule has 0 spiro atoms. The summed E-state index contributed by atoms with van der Waals surface area (Å²) in [6.07, 6.45) is 0. The number of rotatable bonds is 12. The van der Waals surface area contributed by atoms with Crippen LogP contribution < -0.4 is 18.9 Å². The molecule has 0 saturated carbocycles. The Labute approximate surface area is 311 Å². The molecule has 0 atom stereocenters. The van der Waals surface area contributed by atoms with E-state index in [0.717, 1.165) is 67.5 Å². The fraction of sp³-hybridized carbons (Fsp3) is 0.196. The molecule has 7 nitrogen and oxygen atoms in total. The lowest BCUT2D eigenvalue weighted by Gasteiger charge is -2.36. The van der Waals surface area contributed by atoms with Crippen molar-refractivity contribution < 1.29 is 33.2 Å². The van der Waals surface area contributed by atoms with Gasteiger partial charge in [-0.1, -0.05) is 98.8 Å². The fourth-order valence-corrected chi connectivity index (χ4v) is 6.53. The maximum atomic E-state index is 11.9. The second-order valence-corrected chi connectivity index (χ2v) is 12.2. The van der Waals surface area contributed by atoms with Crippen molar-refractivity contribution in [3.8, 4) is 34.1 Å². The van der Waals surface area contributed by atoms with Crippen molar-refractivity contribution in [2.24, 2.45) is 0 Å². The highest BCUT2D eigenvalue weighted by Gasteiger charge is 2.38. The molecular formula is C46H44O7. The summed E-state index contributed by atoms with van der Waals surface area (Å²) in [5.74, 6) is 2.69. The van der Waals surface area contributed by atoms with Crippen LogP contribution in [0, 0.1) is 0 Å². The molecule has 0 fully saturated rings. The Balaban J connectivity index is 0.00000236. The first-order valence-corrected chi connectivity index (χ1v) is 17.7. The highest BCUT2D eigenvalue weighted by Crippen LogP contribution is 2.44. The van der Waals surface area contributed by atoms with Gasteiger partial charge in [-0.25, -0.2) is 4.79 Å².